The molecule has 1 aliphatic heterocycles. The van der Waals surface area contributed by atoms with E-state index in [4.69, 9.17) is 0 Å². The van der Waals surface area contributed by atoms with Gasteiger partial charge >= 0.3 is 6.03 Å². The first kappa shape index (κ1) is 19.3. The standard InChI is InChI=1S/C20H31N3O2/c1-14-8-15(2)10-19(9-14)11-16(3)21-20(25)22(5)12-18-6-7-23(13-18)17(4)24/h8-10,16,18H,6-7,11-13H2,1-5H3,(H,21,25). The summed E-state index contributed by atoms with van der Waals surface area (Å²) in [7, 11) is 1.83. The molecule has 0 spiro atoms. The number of nitrogens with one attached hydrogen (secondary N) is 1. The molecule has 2 rings (SSSR count). The van der Waals surface area contributed by atoms with Crippen LogP contribution in [0.1, 0.15) is 37.0 Å². The summed E-state index contributed by atoms with van der Waals surface area (Å²) in [6.45, 7) is 10.1. The quantitative estimate of drug-likeness (QED) is 0.892. The molecule has 1 heterocycles. The molecule has 3 amide bonds. The normalized spacial score (nSPS) is 18.1. The first-order chi connectivity index (χ1) is 11.7. The molecule has 1 fully saturated rings. The SMILES string of the molecule is CC(=O)N1CCC(CN(C)C(=O)NC(C)Cc2cc(C)cc(C)c2)C1. The number of carbonyl (C=O) groups excluding carboxylic acids is 2. The Morgan fingerprint density at radius 2 is 1.92 bits per heavy atom. The van der Waals surface area contributed by atoms with Crippen molar-refractivity contribution in [1.82, 2.24) is 15.1 Å². The van der Waals surface area contributed by atoms with Crippen molar-refractivity contribution in [3.05, 3.63) is 34.9 Å². The van der Waals surface area contributed by atoms with Gasteiger partial charge in [-0.05, 0) is 45.1 Å². The van der Waals surface area contributed by atoms with Crippen LogP contribution in [0.25, 0.3) is 0 Å². The zero-order valence-corrected chi connectivity index (χ0v) is 16.1. The van der Waals surface area contributed by atoms with Gasteiger partial charge in [0.25, 0.3) is 0 Å². The van der Waals surface area contributed by atoms with E-state index in [0.717, 1.165) is 25.9 Å². The number of carbonyl (C=O) groups is 2. The Labute approximate surface area is 151 Å². The molecule has 1 aromatic rings. The smallest absolute Gasteiger partial charge is 0.317 e. The van der Waals surface area contributed by atoms with E-state index in [1.54, 1.807) is 11.8 Å². The summed E-state index contributed by atoms with van der Waals surface area (Å²) in [6, 6.07) is 6.54. The Bertz CT molecular complexity index is 609. The van der Waals surface area contributed by atoms with Gasteiger partial charge in [0.15, 0.2) is 0 Å². The fraction of sp³-hybridized carbons (Fsp3) is 0.600. The van der Waals surface area contributed by atoms with Crippen LogP contribution < -0.4 is 5.32 Å². The third-order valence-corrected chi connectivity index (χ3v) is 4.80. The average molecular weight is 345 g/mol. The average Bonchev–Trinajstić information content (AvgIpc) is 2.94. The van der Waals surface area contributed by atoms with Gasteiger partial charge in [0.2, 0.25) is 5.91 Å². The van der Waals surface area contributed by atoms with Crippen molar-refractivity contribution in [2.24, 2.45) is 5.92 Å². The largest absolute Gasteiger partial charge is 0.343 e. The van der Waals surface area contributed by atoms with Crippen LogP contribution >= 0.6 is 0 Å². The Balaban J connectivity index is 1.81. The minimum atomic E-state index is -0.0434. The van der Waals surface area contributed by atoms with Gasteiger partial charge in [-0.3, -0.25) is 4.79 Å². The van der Waals surface area contributed by atoms with E-state index in [1.165, 1.54) is 16.7 Å². The molecule has 1 aromatic carbocycles. The maximum absolute atomic E-state index is 12.4. The highest BCUT2D eigenvalue weighted by Gasteiger charge is 2.26. The van der Waals surface area contributed by atoms with Crippen LogP contribution in [-0.2, 0) is 11.2 Å². The fourth-order valence-electron chi connectivity index (χ4n) is 3.65. The summed E-state index contributed by atoms with van der Waals surface area (Å²) in [5.74, 6) is 0.492. The zero-order chi connectivity index (χ0) is 18.6. The van der Waals surface area contributed by atoms with Crippen molar-refractivity contribution in [1.29, 1.82) is 0 Å². The van der Waals surface area contributed by atoms with E-state index in [1.807, 2.05) is 18.9 Å². The highest BCUT2D eigenvalue weighted by Crippen LogP contribution is 2.17. The molecule has 0 radical (unpaired) electrons. The Kier molecular flexibility index (Phi) is 6.45. The van der Waals surface area contributed by atoms with Gasteiger partial charge in [-0.1, -0.05) is 29.3 Å². The lowest BCUT2D eigenvalue weighted by Gasteiger charge is -2.24. The third kappa shape index (κ3) is 5.76. The third-order valence-electron chi connectivity index (χ3n) is 4.80. The van der Waals surface area contributed by atoms with Gasteiger partial charge in [-0.15, -0.1) is 0 Å². The zero-order valence-electron chi connectivity index (χ0n) is 16.1. The second-order valence-corrected chi connectivity index (χ2v) is 7.55. The number of benzene rings is 1. The van der Waals surface area contributed by atoms with Crippen LogP contribution in [0, 0.1) is 19.8 Å². The Morgan fingerprint density at radius 3 is 2.48 bits per heavy atom. The lowest BCUT2D eigenvalue weighted by molar-refractivity contribution is -0.127. The lowest BCUT2D eigenvalue weighted by atomic mass is 10.0. The maximum atomic E-state index is 12.4. The molecule has 1 saturated heterocycles. The monoisotopic (exact) mass is 345 g/mol. The molecule has 138 valence electrons. The van der Waals surface area contributed by atoms with E-state index in [0.29, 0.717) is 12.5 Å². The van der Waals surface area contributed by atoms with Gasteiger partial charge in [0, 0.05) is 39.6 Å². The number of nitrogens with zero attached hydrogens (tertiary/aromatic N) is 2. The molecule has 0 bridgehead atoms. The molecule has 0 aliphatic carbocycles. The first-order valence-corrected chi connectivity index (χ1v) is 9.09. The number of aryl methyl sites for hydroxylation is 2. The van der Waals surface area contributed by atoms with Crippen LogP contribution in [0.15, 0.2) is 18.2 Å². The fourth-order valence-corrected chi connectivity index (χ4v) is 3.65. The van der Waals surface area contributed by atoms with Crippen molar-refractivity contribution in [3.63, 3.8) is 0 Å². The predicted octanol–water partition coefficient (Wildman–Crippen LogP) is 2.74. The summed E-state index contributed by atoms with van der Waals surface area (Å²) in [5, 5.41) is 3.08. The predicted molar refractivity (Wildman–Crippen MR) is 101 cm³/mol. The molecule has 0 saturated carbocycles. The van der Waals surface area contributed by atoms with Crippen LogP contribution in [-0.4, -0.2) is 54.5 Å². The molecule has 5 heteroatoms. The molecule has 2 unspecified atom stereocenters. The van der Waals surface area contributed by atoms with Crippen molar-refractivity contribution in [2.45, 2.75) is 46.6 Å². The van der Waals surface area contributed by atoms with Crippen molar-refractivity contribution in [3.8, 4) is 0 Å². The summed E-state index contributed by atoms with van der Waals surface area (Å²) in [5.41, 5.74) is 3.75. The molecule has 1 N–H and O–H groups in total. The Morgan fingerprint density at radius 1 is 1.28 bits per heavy atom. The number of rotatable bonds is 5. The van der Waals surface area contributed by atoms with Gasteiger partial charge in [-0.2, -0.15) is 0 Å². The molecular weight excluding hydrogens is 314 g/mol. The number of amides is 3. The molecule has 2 atom stereocenters. The van der Waals surface area contributed by atoms with Crippen LogP contribution in [0.3, 0.4) is 0 Å². The van der Waals surface area contributed by atoms with Gasteiger partial charge < -0.3 is 15.1 Å². The van der Waals surface area contributed by atoms with Gasteiger partial charge in [0.1, 0.15) is 0 Å². The van der Waals surface area contributed by atoms with Gasteiger partial charge in [0.05, 0.1) is 0 Å². The number of hydrogen-bond acceptors (Lipinski definition) is 2. The van der Waals surface area contributed by atoms with E-state index >= 15 is 0 Å². The minimum absolute atomic E-state index is 0.0434. The molecule has 5 nitrogen and oxygen atoms in total. The van der Waals surface area contributed by atoms with Crippen LogP contribution in [0.5, 0.6) is 0 Å². The van der Waals surface area contributed by atoms with Crippen molar-refractivity contribution >= 4 is 11.9 Å². The van der Waals surface area contributed by atoms with Crippen molar-refractivity contribution < 1.29 is 9.59 Å². The summed E-state index contributed by atoms with van der Waals surface area (Å²) in [6.07, 6.45) is 1.79. The maximum Gasteiger partial charge on any atom is 0.317 e. The van der Waals surface area contributed by atoms with Crippen molar-refractivity contribution in [2.75, 3.05) is 26.7 Å². The van der Waals surface area contributed by atoms with E-state index in [2.05, 4.69) is 37.4 Å². The first-order valence-electron chi connectivity index (χ1n) is 9.09. The minimum Gasteiger partial charge on any atom is -0.343 e. The molecule has 0 aromatic heterocycles. The van der Waals surface area contributed by atoms with Gasteiger partial charge in [-0.25, -0.2) is 4.79 Å². The van der Waals surface area contributed by atoms with Crippen LogP contribution in [0.4, 0.5) is 4.79 Å². The van der Waals surface area contributed by atoms with E-state index < -0.39 is 0 Å². The molecule has 1 aliphatic rings. The highest BCUT2D eigenvalue weighted by atomic mass is 16.2. The molecular formula is C20H31N3O2. The second kappa shape index (κ2) is 8.37. The second-order valence-electron chi connectivity index (χ2n) is 7.55. The Hall–Kier alpha value is -2.04. The van der Waals surface area contributed by atoms with E-state index in [-0.39, 0.29) is 18.0 Å². The summed E-state index contributed by atoms with van der Waals surface area (Å²) >= 11 is 0. The van der Waals surface area contributed by atoms with E-state index in [9.17, 15) is 9.59 Å². The summed E-state index contributed by atoms with van der Waals surface area (Å²) in [4.78, 5) is 27.4. The highest BCUT2D eigenvalue weighted by molar-refractivity contribution is 5.74. The number of urea groups is 1. The number of likely N-dealkylation sites (tertiary alicyclic amines) is 1. The topological polar surface area (TPSA) is 52.7 Å². The van der Waals surface area contributed by atoms with Crippen LogP contribution in [0.2, 0.25) is 0 Å². The number of hydrogen-bond donors (Lipinski definition) is 1. The summed E-state index contributed by atoms with van der Waals surface area (Å²) < 4.78 is 0. The lowest BCUT2D eigenvalue weighted by Crippen LogP contribution is -2.44. The molecule has 25 heavy (non-hydrogen) atoms.